The van der Waals surface area contributed by atoms with Crippen LogP contribution in [0, 0.1) is 0 Å². The Morgan fingerprint density at radius 2 is 0.941 bits per heavy atom. The van der Waals surface area contributed by atoms with Crippen molar-refractivity contribution < 1.29 is 4.42 Å². The fourth-order valence-electron chi connectivity index (χ4n) is 9.48. The van der Waals surface area contributed by atoms with Gasteiger partial charge in [0.2, 0.25) is 0 Å². The van der Waals surface area contributed by atoms with Crippen molar-refractivity contribution in [3.8, 4) is 44.8 Å². The molecule has 11 rings (SSSR count). The lowest BCUT2D eigenvalue weighted by Crippen LogP contribution is -2.17. The fraction of sp³-hybridized carbons (Fsp3) is 0.125. The van der Waals surface area contributed by atoms with Gasteiger partial charge in [-0.2, -0.15) is 0 Å². The molecule has 3 nitrogen and oxygen atoms in total. The average molecular weight is 655 g/mol. The summed E-state index contributed by atoms with van der Waals surface area (Å²) < 4.78 is 6.27. The summed E-state index contributed by atoms with van der Waals surface area (Å²) in [5, 5.41) is 4.51. The second-order valence-corrected chi connectivity index (χ2v) is 15.3. The molecule has 2 aliphatic rings. The number of aromatic nitrogens is 2. The molecule has 9 aromatic rings. The van der Waals surface area contributed by atoms with Gasteiger partial charge in [0.05, 0.1) is 22.4 Å². The van der Waals surface area contributed by atoms with Crippen LogP contribution in [0.25, 0.3) is 88.5 Å². The highest BCUT2D eigenvalue weighted by Gasteiger charge is 2.42. The zero-order chi connectivity index (χ0) is 34.2. The van der Waals surface area contributed by atoms with Crippen LogP contribution in [0.3, 0.4) is 0 Å². The van der Waals surface area contributed by atoms with Gasteiger partial charge < -0.3 is 4.42 Å². The molecule has 0 fully saturated rings. The molecule has 6 aromatic carbocycles. The molecule has 3 heteroatoms. The molecule has 3 heterocycles. The van der Waals surface area contributed by atoms with E-state index in [1.54, 1.807) is 0 Å². The zero-order valence-electron chi connectivity index (χ0n) is 29.0. The lowest BCUT2D eigenvalue weighted by Gasteiger charge is -2.26. The van der Waals surface area contributed by atoms with E-state index in [0.717, 1.165) is 66.3 Å². The molecule has 51 heavy (non-hydrogen) atoms. The standard InChI is InChI=1S/C48H34N2O/c1-47(2)35-19-11-8-17-30(35)39-32-23-24-33-40-31-18-9-12-20-36(31)48(3,4)42(40)44(28-22-25-38-34(26-28)29-16-10-13-21-37(29)51-38)50-46(33)45(32)49-43(41(39)47)27-14-6-5-7-15-27/h5-26H,1-4H3. The third kappa shape index (κ3) is 3.68. The van der Waals surface area contributed by atoms with Gasteiger partial charge in [0, 0.05) is 43.5 Å². The number of para-hydroxylation sites is 1. The molecule has 0 N–H and O–H groups in total. The van der Waals surface area contributed by atoms with Crippen molar-refractivity contribution in [2.75, 3.05) is 0 Å². The quantitative estimate of drug-likeness (QED) is 0.174. The lowest BCUT2D eigenvalue weighted by molar-refractivity contribution is 0.659. The van der Waals surface area contributed by atoms with Gasteiger partial charge in [0.1, 0.15) is 11.2 Å². The summed E-state index contributed by atoms with van der Waals surface area (Å²) in [6.07, 6.45) is 0. The maximum atomic E-state index is 6.27. The number of rotatable bonds is 2. The molecule has 0 amide bonds. The van der Waals surface area contributed by atoms with Crippen LogP contribution >= 0.6 is 0 Å². The second kappa shape index (κ2) is 9.80. The van der Waals surface area contributed by atoms with Crippen LogP contribution in [0.2, 0.25) is 0 Å². The summed E-state index contributed by atoms with van der Waals surface area (Å²) in [5.41, 5.74) is 17.7. The van der Waals surface area contributed by atoms with E-state index >= 15 is 0 Å². The van der Waals surface area contributed by atoms with E-state index in [1.165, 1.54) is 44.5 Å². The molecule has 3 aromatic heterocycles. The summed E-state index contributed by atoms with van der Waals surface area (Å²) in [5.74, 6) is 0. The fourth-order valence-corrected chi connectivity index (χ4v) is 9.48. The van der Waals surface area contributed by atoms with Gasteiger partial charge >= 0.3 is 0 Å². The third-order valence-corrected chi connectivity index (χ3v) is 11.8. The number of fused-ring (bicyclic) bond motifs is 14. The van der Waals surface area contributed by atoms with E-state index in [1.807, 2.05) is 12.1 Å². The van der Waals surface area contributed by atoms with Gasteiger partial charge in [-0.1, -0.05) is 137 Å². The van der Waals surface area contributed by atoms with E-state index in [0.29, 0.717) is 0 Å². The second-order valence-electron chi connectivity index (χ2n) is 15.3. The highest BCUT2D eigenvalue weighted by molar-refractivity contribution is 6.17. The number of hydrogen-bond donors (Lipinski definition) is 0. The van der Waals surface area contributed by atoms with Crippen molar-refractivity contribution in [3.05, 3.63) is 156 Å². The van der Waals surface area contributed by atoms with Crippen molar-refractivity contribution in [2.24, 2.45) is 0 Å². The first-order chi connectivity index (χ1) is 24.8. The summed E-state index contributed by atoms with van der Waals surface area (Å²) in [4.78, 5) is 11.4. The first kappa shape index (κ1) is 28.7. The van der Waals surface area contributed by atoms with E-state index in [-0.39, 0.29) is 10.8 Å². The van der Waals surface area contributed by atoms with E-state index in [9.17, 15) is 0 Å². The van der Waals surface area contributed by atoms with Crippen LogP contribution in [-0.4, -0.2) is 9.97 Å². The molecule has 0 saturated carbocycles. The molecule has 242 valence electrons. The minimum Gasteiger partial charge on any atom is -0.456 e. The van der Waals surface area contributed by atoms with Gasteiger partial charge in [-0.15, -0.1) is 0 Å². The van der Waals surface area contributed by atoms with Crippen LogP contribution < -0.4 is 0 Å². The van der Waals surface area contributed by atoms with Crippen LogP contribution in [0.15, 0.2) is 138 Å². The molecule has 0 bridgehead atoms. The average Bonchev–Trinajstić information content (AvgIpc) is 3.74. The Morgan fingerprint density at radius 1 is 0.431 bits per heavy atom. The number of furan rings is 1. The predicted molar refractivity (Wildman–Crippen MR) is 210 cm³/mol. The first-order valence-electron chi connectivity index (χ1n) is 17.8. The molecular weight excluding hydrogens is 621 g/mol. The molecule has 0 aliphatic heterocycles. The minimum absolute atomic E-state index is 0.213. The lowest BCUT2D eigenvalue weighted by atomic mass is 9.79. The predicted octanol–water partition coefficient (Wildman–Crippen LogP) is 12.6. The van der Waals surface area contributed by atoms with E-state index in [2.05, 4.69) is 149 Å². The van der Waals surface area contributed by atoms with Gasteiger partial charge in [0.15, 0.2) is 0 Å². The Kier molecular flexibility index (Phi) is 5.52. The minimum atomic E-state index is -0.256. The van der Waals surface area contributed by atoms with E-state index in [4.69, 9.17) is 14.4 Å². The molecule has 2 aliphatic carbocycles. The van der Waals surface area contributed by atoms with Crippen molar-refractivity contribution in [3.63, 3.8) is 0 Å². The van der Waals surface area contributed by atoms with Gasteiger partial charge in [-0.05, 0) is 68.8 Å². The molecule has 0 atom stereocenters. The Bertz CT molecular complexity index is 2960. The van der Waals surface area contributed by atoms with Crippen LogP contribution in [0.4, 0.5) is 0 Å². The third-order valence-electron chi connectivity index (χ3n) is 11.8. The van der Waals surface area contributed by atoms with Crippen molar-refractivity contribution in [1.29, 1.82) is 0 Å². The molecule has 0 saturated heterocycles. The molecule has 0 radical (unpaired) electrons. The summed E-state index contributed by atoms with van der Waals surface area (Å²) in [7, 11) is 0. The number of benzene rings is 6. The van der Waals surface area contributed by atoms with Crippen LogP contribution in [0.1, 0.15) is 49.9 Å². The zero-order valence-corrected chi connectivity index (χ0v) is 29.0. The maximum Gasteiger partial charge on any atom is 0.135 e. The van der Waals surface area contributed by atoms with Gasteiger partial charge in [-0.3, -0.25) is 0 Å². The monoisotopic (exact) mass is 654 g/mol. The summed E-state index contributed by atoms with van der Waals surface area (Å²) in [6.45, 7) is 9.38. The smallest absolute Gasteiger partial charge is 0.135 e. The SMILES string of the molecule is CC1(C)c2ccccc2-c2c1c(-c1ccccc1)nc1c2ccc2c3c(c(-c4ccc5oc6ccccc6c5c4)nc21)C(C)(C)c1ccccc1-3. The van der Waals surface area contributed by atoms with Crippen LogP contribution in [0.5, 0.6) is 0 Å². The van der Waals surface area contributed by atoms with Crippen molar-refractivity contribution in [2.45, 2.75) is 38.5 Å². The molecule has 0 spiro atoms. The normalized spacial score (nSPS) is 15.0. The summed E-state index contributed by atoms with van der Waals surface area (Å²) >= 11 is 0. The highest BCUT2D eigenvalue weighted by Crippen LogP contribution is 2.57. The van der Waals surface area contributed by atoms with Crippen molar-refractivity contribution in [1.82, 2.24) is 9.97 Å². The Morgan fingerprint density at radius 3 is 1.57 bits per heavy atom. The van der Waals surface area contributed by atoms with E-state index < -0.39 is 0 Å². The van der Waals surface area contributed by atoms with Gasteiger partial charge in [0.25, 0.3) is 0 Å². The Labute approximate surface area is 296 Å². The van der Waals surface area contributed by atoms with Crippen LogP contribution in [-0.2, 0) is 10.8 Å². The maximum absolute atomic E-state index is 6.27. The highest BCUT2D eigenvalue weighted by atomic mass is 16.3. The van der Waals surface area contributed by atoms with Gasteiger partial charge in [-0.25, -0.2) is 9.97 Å². The number of pyridine rings is 2. The summed E-state index contributed by atoms with van der Waals surface area (Å²) in [6, 6.07) is 48.0. The number of hydrogen-bond acceptors (Lipinski definition) is 3. The first-order valence-corrected chi connectivity index (χ1v) is 17.8. The molecular formula is C48H34N2O. The Hall–Kier alpha value is -6.06. The molecule has 0 unspecified atom stereocenters. The largest absolute Gasteiger partial charge is 0.456 e. The Balaban J connectivity index is 1.32. The number of nitrogens with zero attached hydrogens (tertiary/aromatic N) is 2. The van der Waals surface area contributed by atoms with Crippen molar-refractivity contribution >= 4 is 43.7 Å². The topological polar surface area (TPSA) is 38.9 Å².